The Balaban J connectivity index is 2.22. The van der Waals surface area contributed by atoms with Crippen molar-refractivity contribution in [3.05, 3.63) is 16.3 Å². The summed E-state index contributed by atoms with van der Waals surface area (Å²) in [6, 6.07) is 0. The van der Waals surface area contributed by atoms with Crippen LogP contribution in [-0.2, 0) is 6.42 Å². The first-order valence-corrected chi connectivity index (χ1v) is 7.32. The molecule has 0 fully saturated rings. The predicted octanol–water partition coefficient (Wildman–Crippen LogP) is 2.68. The Hall–Kier alpha value is -1.47. The van der Waals surface area contributed by atoms with Gasteiger partial charge < -0.3 is 5.73 Å². The Morgan fingerprint density at radius 3 is 2.61 bits per heavy atom. The van der Waals surface area contributed by atoms with Gasteiger partial charge in [-0.05, 0) is 19.4 Å². The Labute approximate surface area is 112 Å². The Morgan fingerprint density at radius 1 is 1.22 bits per heavy atom. The number of anilines is 1. The van der Waals surface area contributed by atoms with E-state index in [9.17, 15) is 0 Å². The molecule has 0 unspecified atom stereocenters. The van der Waals surface area contributed by atoms with Gasteiger partial charge in [0, 0.05) is 16.9 Å². The summed E-state index contributed by atoms with van der Waals surface area (Å²) in [7, 11) is 0. The molecule has 2 N–H and O–H groups in total. The summed E-state index contributed by atoms with van der Waals surface area (Å²) in [5.41, 5.74) is 8.34. The quantitative estimate of drug-likeness (QED) is 0.783. The molecule has 7 heteroatoms. The van der Waals surface area contributed by atoms with Gasteiger partial charge in [0.1, 0.15) is 0 Å². The third kappa shape index (κ3) is 1.54. The number of hydrogen-bond acceptors (Lipinski definition) is 6. The van der Waals surface area contributed by atoms with E-state index in [1.807, 2.05) is 11.4 Å². The van der Waals surface area contributed by atoms with E-state index in [1.54, 1.807) is 11.3 Å². The second kappa shape index (κ2) is 4.03. The van der Waals surface area contributed by atoms with Crippen LogP contribution in [0.15, 0.2) is 0 Å². The zero-order valence-corrected chi connectivity index (χ0v) is 12.0. The summed E-state index contributed by atoms with van der Waals surface area (Å²) in [6.45, 7) is 6.21. The van der Waals surface area contributed by atoms with E-state index < -0.39 is 0 Å². The van der Waals surface area contributed by atoms with Crippen molar-refractivity contribution >= 4 is 32.6 Å². The standard InChI is InChI=1S/C11H13N5S2/c1-4-7-13-14-11-16(7)15-10(18-11)8-5(2)6(3)17-9(8)12/h4,12H2,1-3H3. The highest BCUT2D eigenvalue weighted by molar-refractivity contribution is 7.21. The first kappa shape index (κ1) is 11.6. The average Bonchev–Trinajstić information content (AvgIpc) is 2.93. The monoisotopic (exact) mass is 279 g/mol. The van der Waals surface area contributed by atoms with Crippen LogP contribution in [0.1, 0.15) is 23.2 Å². The molecule has 0 aliphatic carbocycles. The van der Waals surface area contributed by atoms with Crippen molar-refractivity contribution in [3.63, 3.8) is 0 Å². The summed E-state index contributed by atoms with van der Waals surface area (Å²) in [5, 5.41) is 14.6. The third-order valence-corrected chi connectivity index (χ3v) is 4.95. The van der Waals surface area contributed by atoms with E-state index in [0.717, 1.165) is 32.8 Å². The third-order valence-electron chi connectivity index (χ3n) is 3.00. The zero-order valence-electron chi connectivity index (χ0n) is 10.4. The van der Waals surface area contributed by atoms with Crippen molar-refractivity contribution < 1.29 is 0 Å². The van der Waals surface area contributed by atoms with Crippen LogP contribution >= 0.6 is 22.7 Å². The maximum absolute atomic E-state index is 6.08. The molecule has 0 aliphatic rings. The van der Waals surface area contributed by atoms with Crippen LogP contribution in [-0.4, -0.2) is 19.8 Å². The van der Waals surface area contributed by atoms with Crippen LogP contribution < -0.4 is 5.73 Å². The fourth-order valence-electron chi connectivity index (χ4n) is 1.90. The Morgan fingerprint density at radius 2 is 2.00 bits per heavy atom. The van der Waals surface area contributed by atoms with Crippen molar-refractivity contribution in [1.29, 1.82) is 0 Å². The normalized spacial score (nSPS) is 11.5. The Kier molecular flexibility index (Phi) is 2.60. The minimum Gasteiger partial charge on any atom is -0.390 e. The number of thiophene rings is 1. The number of hydrogen-bond donors (Lipinski definition) is 1. The maximum atomic E-state index is 6.08. The van der Waals surface area contributed by atoms with Gasteiger partial charge >= 0.3 is 0 Å². The van der Waals surface area contributed by atoms with Gasteiger partial charge in [-0.3, -0.25) is 0 Å². The summed E-state index contributed by atoms with van der Waals surface area (Å²) in [6.07, 6.45) is 0.821. The minimum absolute atomic E-state index is 0.821. The second-order valence-electron chi connectivity index (χ2n) is 4.09. The average molecular weight is 279 g/mol. The van der Waals surface area contributed by atoms with Crippen LogP contribution in [0, 0.1) is 13.8 Å². The fourth-order valence-corrected chi connectivity index (χ4v) is 3.87. The highest BCUT2D eigenvalue weighted by atomic mass is 32.1. The lowest BCUT2D eigenvalue weighted by Crippen LogP contribution is -1.94. The van der Waals surface area contributed by atoms with E-state index in [2.05, 4.69) is 29.1 Å². The summed E-state index contributed by atoms with van der Waals surface area (Å²) in [4.78, 5) is 2.06. The summed E-state index contributed by atoms with van der Waals surface area (Å²) in [5.74, 6) is 0.885. The van der Waals surface area contributed by atoms with E-state index in [0.29, 0.717) is 0 Å². The van der Waals surface area contributed by atoms with Gasteiger partial charge in [-0.2, -0.15) is 9.61 Å². The highest BCUT2D eigenvalue weighted by Gasteiger charge is 2.18. The summed E-state index contributed by atoms with van der Waals surface area (Å²) < 4.78 is 1.81. The smallest absolute Gasteiger partial charge is 0.234 e. The molecule has 3 heterocycles. The molecule has 0 aromatic carbocycles. The molecule has 0 spiro atoms. The lowest BCUT2D eigenvalue weighted by Gasteiger charge is -1.96. The number of nitrogen functional groups attached to an aromatic ring is 1. The zero-order chi connectivity index (χ0) is 12.9. The molecule has 94 valence electrons. The highest BCUT2D eigenvalue weighted by Crippen LogP contribution is 2.39. The molecule has 0 aliphatic heterocycles. The number of aryl methyl sites for hydroxylation is 2. The van der Waals surface area contributed by atoms with Gasteiger partial charge in [0.25, 0.3) is 0 Å². The maximum Gasteiger partial charge on any atom is 0.234 e. The minimum atomic E-state index is 0.821. The lowest BCUT2D eigenvalue weighted by molar-refractivity contribution is 0.838. The lowest BCUT2D eigenvalue weighted by atomic mass is 10.2. The molecule has 5 nitrogen and oxygen atoms in total. The van der Waals surface area contributed by atoms with Crippen molar-refractivity contribution in [3.8, 4) is 10.6 Å². The molecule has 18 heavy (non-hydrogen) atoms. The van der Waals surface area contributed by atoms with Gasteiger partial charge in [0.05, 0.1) is 5.00 Å². The van der Waals surface area contributed by atoms with Crippen molar-refractivity contribution in [2.24, 2.45) is 0 Å². The molecule has 0 bridgehead atoms. The topological polar surface area (TPSA) is 69.1 Å². The van der Waals surface area contributed by atoms with Crippen molar-refractivity contribution in [2.45, 2.75) is 27.2 Å². The molecule has 0 saturated heterocycles. The number of nitrogens with zero attached hydrogens (tertiary/aromatic N) is 4. The molecule has 3 rings (SSSR count). The summed E-state index contributed by atoms with van der Waals surface area (Å²) >= 11 is 3.15. The predicted molar refractivity (Wildman–Crippen MR) is 75.2 cm³/mol. The molecule has 0 radical (unpaired) electrons. The van der Waals surface area contributed by atoms with Gasteiger partial charge in [-0.25, -0.2) is 0 Å². The largest absolute Gasteiger partial charge is 0.390 e. The number of fused-ring (bicyclic) bond motifs is 1. The number of aromatic nitrogens is 4. The fraction of sp³-hybridized carbons (Fsp3) is 0.364. The van der Waals surface area contributed by atoms with Gasteiger partial charge in [0.15, 0.2) is 10.8 Å². The molecule has 0 saturated carbocycles. The van der Waals surface area contributed by atoms with Crippen LogP contribution in [0.5, 0.6) is 0 Å². The molecule has 3 aromatic heterocycles. The molecular formula is C11H13N5S2. The molecule has 0 atom stereocenters. The Bertz CT molecular complexity index is 721. The first-order chi connectivity index (χ1) is 8.61. The van der Waals surface area contributed by atoms with E-state index in [4.69, 9.17) is 5.73 Å². The van der Waals surface area contributed by atoms with Crippen LogP contribution in [0.25, 0.3) is 15.5 Å². The molecule has 0 amide bonds. The van der Waals surface area contributed by atoms with Crippen molar-refractivity contribution in [2.75, 3.05) is 5.73 Å². The van der Waals surface area contributed by atoms with Gasteiger partial charge in [-0.15, -0.1) is 21.5 Å². The number of nitrogens with two attached hydrogens (primary N) is 1. The van der Waals surface area contributed by atoms with Gasteiger partial charge in [0.2, 0.25) is 4.96 Å². The van der Waals surface area contributed by atoms with E-state index in [-0.39, 0.29) is 0 Å². The van der Waals surface area contributed by atoms with E-state index in [1.165, 1.54) is 21.8 Å². The van der Waals surface area contributed by atoms with Crippen LogP contribution in [0.3, 0.4) is 0 Å². The molecule has 3 aromatic rings. The first-order valence-electron chi connectivity index (χ1n) is 5.68. The second-order valence-corrected chi connectivity index (χ2v) is 6.31. The molecular weight excluding hydrogens is 266 g/mol. The van der Waals surface area contributed by atoms with Gasteiger partial charge in [-0.1, -0.05) is 18.3 Å². The van der Waals surface area contributed by atoms with Crippen LogP contribution in [0.2, 0.25) is 0 Å². The van der Waals surface area contributed by atoms with Crippen LogP contribution in [0.4, 0.5) is 5.00 Å². The SMILES string of the molecule is CCc1nnc2sc(-c3c(N)sc(C)c3C)nn12. The number of rotatable bonds is 2. The van der Waals surface area contributed by atoms with E-state index >= 15 is 0 Å². The van der Waals surface area contributed by atoms with Crippen molar-refractivity contribution in [1.82, 2.24) is 19.8 Å².